The van der Waals surface area contributed by atoms with Gasteiger partial charge in [0.15, 0.2) is 0 Å². The van der Waals surface area contributed by atoms with E-state index in [1.165, 1.54) is 6.07 Å². The van der Waals surface area contributed by atoms with E-state index in [0.29, 0.717) is 12.0 Å². The Morgan fingerprint density at radius 3 is 2.29 bits per heavy atom. The Morgan fingerprint density at radius 2 is 1.65 bits per heavy atom. The molecular weight excluding hydrogens is 215 g/mol. The molecule has 0 saturated carbocycles. The highest BCUT2D eigenvalue weighted by Crippen LogP contribution is 2.21. The van der Waals surface area contributed by atoms with Crippen molar-refractivity contribution in [2.75, 3.05) is 0 Å². The molecule has 0 aliphatic rings. The summed E-state index contributed by atoms with van der Waals surface area (Å²) in [6.45, 7) is 0. The molecule has 1 nitrogen and oxygen atoms in total. The highest BCUT2D eigenvalue weighted by molar-refractivity contribution is 5.63. The minimum Gasteiger partial charge on any atom is -0.303 e. The molecule has 0 heterocycles. The Morgan fingerprint density at radius 1 is 1.00 bits per heavy atom. The fourth-order valence-electron chi connectivity index (χ4n) is 1.88. The van der Waals surface area contributed by atoms with E-state index >= 15 is 0 Å². The Kier molecular flexibility index (Phi) is 3.66. The van der Waals surface area contributed by atoms with Crippen molar-refractivity contribution in [2.45, 2.75) is 12.3 Å². The monoisotopic (exact) mass is 228 g/mol. The minimum absolute atomic E-state index is 0.319. The Labute approximate surface area is 99.9 Å². The van der Waals surface area contributed by atoms with Crippen LogP contribution >= 0.6 is 0 Å². The van der Waals surface area contributed by atoms with Crippen LogP contribution < -0.4 is 0 Å². The van der Waals surface area contributed by atoms with Crippen LogP contribution in [0.15, 0.2) is 54.6 Å². The van der Waals surface area contributed by atoms with Gasteiger partial charge in [0.05, 0.1) is 0 Å². The van der Waals surface area contributed by atoms with E-state index in [-0.39, 0.29) is 5.82 Å². The molecule has 0 spiro atoms. The highest BCUT2D eigenvalue weighted by Gasteiger charge is 2.14. The molecule has 0 aromatic heterocycles. The van der Waals surface area contributed by atoms with Gasteiger partial charge in [0.2, 0.25) is 0 Å². The average Bonchev–Trinajstić information content (AvgIpc) is 2.38. The van der Waals surface area contributed by atoms with Crippen molar-refractivity contribution in [1.82, 2.24) is 0 Å². The third-order valence-electron chi connectivity index (χ3n) is 2.77. The molecule has 0 fully saturated rings. The number of carbonyl (C=O) groups excluding carboxylic acids is 1. The van der Waals surface area contributed by atoms with Crippen molar-refractivity contribution < 1.29 is 9.18 Å². The number of carbonyl (C=O) groups is 1. The topological polar surface area (TPSA) is 17.1 Å². The lowest BCUT2D eigenvalue weighted by Gasteiger charge is -2.11. The highest BCUT2D eigenvalue weighted by atomic mass is 19.1. The van der Waals surface area contributed by atoms with Gasteiger partial charge in [0.25, 0.3) is 0 Å². The smallest absolute Gasteiger partial charge is 0.127 e. The largest absolute Gasteiger partial charge is 0.303 e. The van der Waals surface area contributed by atoms with E-state index in [9.17, 15) is 9.18 Å². The van der Waals surface area contributed by atoms with Crippen molar-refractivity contribution in [3.63, 3.8) is 0 Å². The molecule has 2 aromatic rings. The summed E-state index contributed by atoms with van der Waals surface area (Å²) >= 11 is 0. The standard InChI is InChI=1S/C15H13FO/c16-15-9-5-4-8-14(15)13(11-17)10-12-6-2-1-3-7-12/h1-9,11,13H,10H2. The third-order valence-corrected chi connectivity index (χ3v) is 2.77. The van der Waals surface area contributed by atoms with Gasteiger partial charge in [-0.3, -0.25) is 0 Å². The summed E-state index contributed by atoms with van der Waals surface area (Å²) in [5.74, 6) is -0.737. The first-order valence-corrected chi connectivity index (χ1v) is 5.55. The van der Waals surface area contributed by atoms with Crippen LogP contribution in [0.1, 0.15) is 17.0 Å². The normalized spacial score (nSPS) is 12.1. The molecular formula is C15H13FO. The van der Waals surface area contributed by atoms with Crippen molar-refractivity contribution in [1.29, 1.82) is 0 Å². The van der Waals surface area contributed by atoms with Gasteiger partial charge < -0.3 is 4.79 Å². The van der Waals surface area contributed by atoms with E-state index in [2.05, 4.69) is 0 Å². The molecule has 0 radical (unpaired) electrons. The van der Waals surface area contributed by atoms with Crippen LogP contribution in [0.2, 0.25) is 0 Å². The summed E-state index contributed by atoms with van der Waals surface area (Å²) in [6.07, 6.45) is 1.34. The van der Waals surface area contributed by atoms with E-state index in [1.807, 2.05) is 30.3 Å². The number of hydrogen-bond donors (Lipinski definition) is 0. The first-order valence-electron chi connectivity index (χ1n) is 5.55. The Hall–Kier alpha value is -1.96. The zero-order chi connectivity index (χ0) is 12.1. The van der Waals surface area contributed by atoms with Crippen molar-refractivity contribution in [3.8, 4) is 0 Å². The van der Waals surface area contributed by atoms with Crippen LogP contribution in [0.5, 0.6) is 0 Å². The lowest BCUT2D eigenvalue weighted by molar-refractivity contribution is -0.109. The summed E-state index contributed by atoms with van der Waals surface area (Å²) in [5, 5.41) is 0. The van der Waals surface area contributed by atoms with Crippen molar-refractivity contribution >= 4 is 6.29 Å². The molecule has 0 aliphatic heterocycles. The molecule has 1 atom stereocenters. The summed E-state index contributed by atoms with van der Waals surface area (Å²) in [6, 6.07) is 16.1. The molecule has 0 amide bonds. The number of rotatable bonds is 4. The van der Waals surface area contributed by atoms with Crippen molar-refractivity contribution in [2.24, 2.45) is 0 Å². The molecule has 0 aliphatic carbocycles. The average molecular weight is 228 g/mol. The quantitative estimate of drug-likeness (QED) is 0.733. The van der Waals surface area contributed by atoms with E-state index in [4.69, 9.17) is 0 Å². The maximum absolute atomic E-state index is 13.6. The lowest BCUT2D eigenvalue weighted by atomic mass is 9.93. The maximum atomic E-state index is 13.6. The Bertz CT molecular complexity index is 493. The van der Waals surface area contributed by atoms with Crippen LogP contribution in [-0.4, -0.2) is 6.29 Å². The van der Waals surface area contributed by atoms with Gasteiger partial charge in [-0.2, -0.15) is 0 Å². The van der Waals surface area contributed by atoms with Crippen LogP contribution in [-0.2, 0) is 11.2 Å². The van der Waals surface area contributed by atoms with E-state index < -0.39 is 5.92 Å². The first kappa shape index (κ1) is 11.5. The summed E-state index contributed by atoms with van der Waals surface area (Å²) in [5.41, 5.74) is 1.50. The zero-order valence-corrected chi connectivity index (χ0v) is 9.34. The zero-order valence-electron chi connectivity index (χ0n) is 9.34. The maximum Gasteiger partial charge on any atom is 0.127 e. The fraction of sp³-hybridized carbons (Fsp3) is 0.133. The number of benzene rings is 2. The van der Waals surface area contributed by atoms with Crippen LogP contribution in [0.25, 0.3) is 0 Å². The number of aldehydes is 1. The minimum atomic E-state index is -0.418. The van der Waals surface area contributed by atoms with Crippen LogP contribution in [0, 0.1) is 5.82 Å². The molecule has 2 rings (SSSR count). The molecule has 17 heavy (non-hydrogen) atoms. The second-order valence-electron chi connectivity index (χ2n) is 3.95. The van der Waals surface area contributed by atoms with E-state index in [1.54, 1.807) is 18.2 Å². The van der Waals surface area contributed by atoms with Crippen LogP contribution in [0.3, 0.4) is 0 Å². The molecule has 0 bridgehead atoms. The summed E-state index contributed by atoms with van der Waals surface area (Å²) in [7, 11) is 0. The van der Waals surface area contributed by atoms with Gasteiger partial charge in [-0.25, -0.2) is 4.39 Å². The molecule has 2 heteroatoms. The summed E-state index contributed by atoms with van der Waals surface area (Å²) < 4.78 is 13.6. The Balaban J connectivity index is 2.24. The molecule has 0 saturated heterocycles. The second kappa shape index (κ2) is 5.39. The van der Waals surface area contributed by atoms with Gasteiger partial charge in [-0.1, -0.05) is 48.5 Å². The van der Waals surface area contributed by atoms with Gasteiger partial charge in [0, 0.05) is 5.92 Å². The first-order chi connectivity index (χ1) is 8.31. The molecule has 0 N–H and O–H groups in total. The van der Waals surface area contributed by atoms with Gasteiger partial charge in [-0.15, -0.1) is 0 Å². The van der Waals surface area contributed by atoms with E-state index in [0.717, 1.165) is 11.8 Å². The molecule has 2 aromatic carbocycles. The lowest BCUT2D eigenvalue weighted by Crippen LogP contribution is -2.06. The summed E-state index contributed by atoms with van der Waals surface area (Å²) in [4.78, 5) is 11.1. The number of hydrogen-bond acceptors (Lipinski definition) is 1. The molecule has 86 valence electrons. The predicted octanol–water partition coefficient (Wildman–Crippen LogP) is 3.35. The van der Waals surface area contributed by atoms with Crippen LogP contribution in [0.4, 0.5) is 4.39 Å². The fourth-order valence-corrected chi connectivity index (χ4v) is 1.88. The number of halogens is 1. The predicted molar refractivity (Wildman–Crippen MR) is 65.4 cm³/mol. The van der Waals surface area contributed by atoms with Gasteiger partial charge >= 0.3 is 0 Å². The SMILES string of the molecule is O=CC(Cc1ccccc1)c1ccccc1F. The second-order valence-corrected chi connectivity index (χ2v) is 3.95. The van der Waals surface area contributed by atoms with Gasteiger partial charge in [0.1, 0.15) is 12.1 Å². The van der Waals surface area contributed by atoms with Gasteiger partial charge in [-0.05, 0) is 23.6 Å². The van der Waals surface area contributed by atoms with Crippen molar-refractivity contribution in [3.05, 3.63) is 71.5 Å². The third kappa shape index (κ3) is 2.78. The molecule has 1 unspecified atom stereocenters.